The van der Waals surface area contributed by atoms with Crippen molar-refractivity contribution in [3.63, 3.8) is 0 Å². The molecular formula is C15H10ClFN2. The van der Waals surface area contributed by atoms with Gasteiger partial charge in [0.05, 0.1) is 10.5 Å². The van der Waals surface area contributed by atoms with Gasteiger partial charge in [0.1, 0.15) is 11.6 Å². The van der Waals surface area contributed by atoms with Gasteiger partial charge >= 0.3 is 0 Å². The number of pyridine rings is 1. The predicted molar refractivity (Wildman–Crippen MR) is 76.4 cm³/mol. The molecule has 0 saturated heterocycles. The van der Waals surface area contributed by atoms with Crippen LogP contribution in [0.2, 0.25) is 5.02 Å². The number of nitrogens with zero attached hydrogens (tertiary/aromatic N) is 1. The van der Waals surface area contributed by atoms with Crippen LogP contribution in [-0.2, 0) is 0 Å². The van der Waals surface area contributed by atoms with Gasteiger partial charge in [-0.3, -0.25) is 0 Å². The first-order valence-corrected chi connectivity index (χ1v) is 6.18. The molecule has 0 unspecified atom stereocenters. The summed E-state index contributed by atoms with van der Waals surface area (Å²) in [6.07, 6.45) is 0. The Bertz CT molecular complexity index is 726. The molecule has 4 heteroatoms. The van der Waals surface area contributed by atoms with Crippen molar-refractivity contribution in [2.75, 3.05) is 5.32 Å². The SMILES string of the molecule is Fc1ccc(Nc2ccc3cccc(Cl)c3n2)cc1. The van der Waals surface area contributed by atoms with Crippen molar-refractivity contribution < 1.29 is 4.39 Å². The molecule has 19 heavy (non-hydrogen) atoms. The first kappa shape index (κ1) is 11.9. The maximum absolute atomic E-state index is 12.8. The van der Waals surface area contributed by atoms with E-state index in [1.165, 1.54) is 12.1 Å². The van der Waals surface area contributed by atoms with Gasteiger partial charge in [0.25, 0.3) is 0 Å². The minimum absolute atomic E-state index is 0.264. The van der Waals surface area contributed by atoms with Crippen LogP contribution in [0.1, 0.15) is 0 Å². The quantitative estimate of drug-likeness (QED) is 0.727. The van der Waals surface area contributed by atoms with Gasteiger partial charge in [-0.15, -0.1) is 0 Å². The molecule has 1 aromatic heterocycles. The second-order valence-corrected chi connectivity index (χ2v) is 4.55. The molecule has 0 radical (unpaired) electrons. The molecule has 0 bridgehead atoms. The van der Waals surface area contributed by atoms with E-state index in [0.29, 0.717) is 10.8 Å². The second kappa shape index (κ2) is 4.86. The van der Waals surface area contributed by atoms with E-state index in [1.807, 2.05) is 24.3 Å². The Morgan fingerprint density at radius 2 is 1.74 bits per heavy atom. The molecule has 0 saturated carbocycles. The van der Waals surface area contributed by atoms with Crippen molar-refractivity contribution >= 4 is 34.0 Å². The molecule has 3 aromatic rings. The summed E-state index contributed by atoms with van der Waals surface area (Å²) < 4.78 is 12.8. The summed E-state index contributed by atoms with van der Waals surface area (Å²) in [6.45, 7) is 0. The van der Waals surface area contributed by atoms with E-state index in [-0.39, 0.29) is 5.82 Å². The van der Waals surface area contributed by atoms with E-state index >= 15 is 0 Å². The Kier molecular flexibility index (Phi) is 3.05. The summed E-state index contributed by atoms with van der Waals surface area (Å²) in [5.74, 6) is 0.410. The second-order valence-electron chi connectivity index (χ2n) is 4.14. The largest absolute Gasteiger partial charge is 0.340 e. The first-order chi connectivity index (χ1) is 9.22. The van der Waals surface area contributed by atoms with Crippen LogP contribution in [0.25, 0.3) is 10.9 Å². The van der Waals surface area contributed by atoms with Gasteiger partial charge < -0.3 is 5.32 Å². The van der Waals surface area contributed by atoms with Crippen LogP contribution in [0.5, 0.6) is 0 Å². The molecule has 0 aliphatic heterocycles. The Hall–Kier alpha value is -2.13. The van der Waals surface area contributed by atoms with Crippen molar-refractivity contribution in [2.24, 2.45) is 0 Å². The number of hydrogen-bond acceptors (Lipinski definition) is 2. The number of anilines is 2. The minimum Gasteiger partial charge on any atom is -0.340 e. The number of nitrogens with one attached hydrogen (secondary N) is 1. The average Bonchev–Trinajstić information content (AvgIpc) is 2.42. The smallest absolute Gasteiger partial charge is 0.131 e. The topological polar surface area (TPSA) is 24.9 Å². The van der Waals surface area contributed by atoms with Crippen LogP contribution >= 0.6 is 11.6 Å². The lowest BCUT2D eigenvalue weighted by Gasteiger charge is -2.07. The summed E-state index contributed by atoms with van der Waals surface area (Å²) >= 11 is 6.11. The molecule has 0 fully saturated rings. The van der Waals surface area contributed by atoms with Crippen molar-refractivity contribution in [3.8, 4) is 0 Å². The third-order valence-electron chi connectivity index (χ3n) is 2.79. The van der Waals surface area contributed by atoms with Gasteiger partial charge in [-0.1, -0.05) is 23.7 Å². The molecule has 0 amide bonds. The van der Waals surface area contributed by atoms with Crippen LogP contribution in [0.15, 0.2) is 54.6 Å². The number of halogens is 2. The number of para-hydroxylation sites is 1. The van der Waals surface area contributed by atoms with Gasteiger partial charge in [0, 0.05) is 11.1 Å². The van der Waals surface area contributed by atoms with Crippen molar-refractivity contribution in [3.05, 3.63) is 65.4 Å². The number of rotatable bonds is 2. The van der Waals surface area contributed by atoms with Crippen LogP contribution in [0.4, 0.5) is 15.9 Å². The lowest BCUT2D eigenvalue weighted by molar-refractivity contribution is 0.628. The Labute approximate surface area is 114 Å². The van der Waals surface area contributed by atoms with Gasteiger partial charge in [-0.05, 0) is 42.5 Å². The summed E-state index contributed by atoms with van der Waals surface area (Å²) in [6, 6.07) is 15.6. The van der Waals surface area contributed by atoms with Gasteiger partial charge in [-0.25, -0.2) is 9.37 Å². The number of hydrogen-bond donors (Lipinski definition) is 1. The molecule has 0 aliphatic rings. The zero-order valence-electron chi connectivity index (χ0n) is 9.90. The lowest BCUT2D eigenvalue weighted by atomic mass is 10.2. The zero-order chi connectivity index (χ0) is 13.2. The molecule has 0 aliphatic carbocycles. The van der Waals surface area contributed by atoms with E-state index < -0.39 is 0 Å². The van der Waals surface area contributed by atoms with Gasteiger partial charge in [0.15, 0.2) is 0 Å². The summed E-state index contributed by atoms with van der Waals surface area (Å²) in [7, 11) is 0. The fourth-order valence-electron chi connectivity index (χ4n) is 1.86. The lowest BCUT2D eigenvalue weighted by Crippen LogP contribution is -1.94. The minimum atomic E-state index is -0.264. The van der Waals surface area contributed by atoms with Crippen LogP contribution in [0, 0.1) is 5.82 Å². The molecule has 2 aromatic carbocycles. The number of fused-ring (bicyclic) bond motifs is 1. The zero-order valence-corrected chi connectivity index (χ0v) is 10.7. The Balaban J connectivity index is 1.97. The standard InChI is InChI=1S/C15H10ClFN2/c16-13-3-1-2-10-4-9-14(19-15(10)13)18-12-7-5-11(17)6-8-12/h1-9H,(H,18,19). The Morgan fingerprint density at radius 1 is 0.947 bits per heavy atom. The highest BCUT2D eigenvalue weighted by atomic mass is 35.5. The summed E-state index contributed by atoms with van der Waals surface area (Å²) in [5.41, 5.74) is 1.52. The summed E-state index contributed by atoms with van der Waals surface area (Å²) in [5, 5.41) is 4.71. The fraction of sp³-hybridized carbons (Fsp3) is 0. The highest BCUT2D eigenvalue weighted by molar-refractivity contribution is 6.35. The highest BCUT2D eigenvalue weighted by Crippen LogP contribution is 2.24. The molecule has 3 rings (SSSR count). The normalized spacial score (nSPS) is 10.6. The third kappa shape index (κ3) is 2.51. The molecule has 1 N–H and O–H groups in total. The monoisotopic (exact) mass is 272 g/mol. The van der Waals surface area contributed by atoms with Crippen LogP contribution in [-0.4, -0.2) is 4.98 Å². The van der Waals surface area contributed by atoms with Crippen molar-refractivity contribution in [2.45, 2.75) is 0 Å². The molecule has 0 spiro atoms. The predicted octanol–water partition coefficient (Wildman–Crippen LogP) is 4.77. The van der Waals surface area contributed by atoms with E-state index in [9.17, 15) is 4.39 Å². The average molecular weight is 273 g/mol. The molecule has 2 nitrogen and oxygen atoms in total. The maximum Gasteiger partial charge on any atom is 0.131 e. The summed E-state index contributed by atoms with van der Waals surface area (Å²) in [4.78, 5) is 4.46. The number of benzene rings is 2. The number of aromatic nitrogens is 1. The van der Waals surface area contributed by atoms with Gasteiger partial charge in [-0.2, -0.15) is 0 Å². The van der Waals surface area contributed by atoms with Crippen LogP contribution in [0.3, 0.4) is 0 Å². The van der Waals surface area contributed by atoms with E-state index in [0.717, 1.165) is 16.6 Å². The van der Waals surface area contributed by atoms with Crippen LogP contribution < -0.4 is 5.32 Å². The van der Waals surface area contributed by atoms with Crippen molar-refractivity contribution in [1.82, 2.24) is 4.98 Å². The molecule has 1 heterocycles. The van der Waals surface area contributed by atoms with E-state index in [2.05, 4.69) is 10.3 Å². The first-order valence-electron chi connectivity index (χ1n) is 5.80. The maximum atomic E-state index is 12.8. The van der Waals surface area contributed by atoms with Gasteiger partial charge in [0.2, 0.25) is 0 Å². The highest BCUT2D eigenvalue weighted by Gasteiger charge is 2.02. The molecule has 94 valence electrons. The Morgan fingerprint density at radius 3 is 2.53 bits per heavy atom. The molecular weight excluding hydrogens is 263 g/mol. The molecule has 0 atom stereocenters. The third-order valence-corrected chi connectivity index (χ3v) is 3.09. The van der Waals surface area contributed by atoms with E-state index in [1.54, 1.807) is 18.2 Å². The van der Waals surface area contributed by atoms with E-state index in [4.69, 9.17) is 11.6 Å². The fourth-order valence-corrected chi connectivity index (χ4v) is 2.09. The van der Waals surface area contributed by atoms with Crippen molar-refractivity contribution in [1.29, 1.82) is 0 Å².